The number of hydrogen-bond donors (Lipinski definition) is 0. The summed E-state index contributed by atoms with van der Waals surface area (Å²) < 4.78 is 5.93. The molecule has 4 rings (SSSR count). The summed E-state index contributed by atoms with van der Waals surface area (Å²) >= 11 is 0. The van der Waals surface area contributed by atoms with E-state index in [0.717, 1.165) is 0 Å². The van der Waals surface area contributed by atoms with Gasteiger partial charge in [0.25, 0.3) is 0 Å². The third-order valence-electron chi connectivity index (χ3n) is 5.38. The molecule has 0 aromatic rings. The smallest absolute Gasteiger partial charge is 0.184 e. The van der Waals surface area contributed by atoms with Crippen molar-refractivity contribution in [1.82, 2.24) is 0 Å². The fraction of sp³-hybridized carbons (Fsp3) is 0.611. The molecule has 0 aromatic heterocycles. The standard InChI is InChI=1S/C18H22O2/c19-15-10-11-16-14-9-8-13(17(14)18(15)20-16)12-6-4-2-1-3-5-7-12/h8-11,14,16-18H,1-7H2/t14?,16-,17?,18+/m0/s1. The molecule has 106 valence electrons. The molecular formula is C18H22O2. The molecule has 2 aliphatic heterocycles. The molecule has 4 atom stereocenters. The maximum atomic E-state index is 12.1. The van der Waals surface area contributed by atoms with Crippen molar-refractivity contribution >= 4 is 5.78 Å². The van der Waals surface area contributed by atoms with E-state index in [1.54, 1.807) is 11.6 Å². The van der Waals surface area contributed by atoms with E-state index in [-0.39, 0.29) is 18.0 Å². The number of ketones is 1. The molecule has 1 saturated heterocycles. The van der Waals surface area contributed by atoms with Crippen LogP contribution in [0.15, 0.2) is 35.5 Å². The maximum absolute atomic E-state index is 12.1. The fourth-order valence-electron chi connectivity index (χ4n) is 4.35. The molecular weight excluding hydrogens is 248 g/mol. The minimum absolute atomic E-state index is 0.130. The van der Waals surface area contributed by atoms with E-state index in [1.165, 1.54) is 50.5 Å². The lowest BCUT2D eigenvalue weighted by Gasteiger charge is -2.22. The number of rotatable bonds is 0. The zero-order chi connectivity index (χ0) is 13.5. The van der Waals surface area contributed by atoms with Crippen molar-refractivity contribution in [3.8, 4) is 0 Å². The Bertz CT molecular complexity index is 502. The second kappa shape index (κ2) is 5.00. The Morgan fingerprint density at radius 2 is 1.70 bits per heavy atom. The van der Waals surface area contributed by atoms with Gasteiger partial charge < -0.3 is 4.74 Å². The van der Waals surface area contributed by atoms with Gasteiger partial charge in [-0.1, -0.05) is 43.1 Å². The van der Waals surface area contributed by atoms with Gasteiger partial charge in [-0.3, -0.25) is 4.79 Å². The summed E-state index contributed by atoms with van der Waals surface area (Å²) in [5, 5.41) is 0. The first-order chi connectivity index (χ1) is 9.84. The van der Waals surface area contributed by atoms with Gasteiger partial charge in [0, 0.05) is 11.8 Å². The highest BCUT2D eigenvalue weighted by atomic mass is 16.5. The van der Waals surface area contributed by atoms with Crippen molar-refractivity contribution < 1.29 is 9.53 Å². The molecule has 2 aliphatic carbocycles. The van der Waals surface area contributed by atoms with E-state index in [4.69, 9.17) is 4.74 Å². The highest BCUT2D eigenvalue weighted by Crippen LogP contribution is 2.48. The van der Waals surface area contributed by atoms with Gasteiger partial charge >= 0.3 is 0 Å². The summed E-state index contributed by atoms with van der Waals surface area (Å²) in [5.41, 5.74) is 3.05. The van der Waals surface area contributed by atoms with Gasteiger partial charge in [-0.15, -0.1) is 0 Å². The third-order valence-corrected chi connectivity index (χ3v) is 5.38. The molecule has 0 amide bonds. The summed E-state index contributed by atoms with van der Waals surface area (Å²) in [6, 6.07) is 0. The van der Waals surface area contributed by atoms with Crippen LogP contribution in [0.4, 0.5) is 0 Å². The van der Waals surface area contributed by atoms with Crippen molar-refractivity contribution in [2.75, 3.05) is 0 Å². The zero-order valence-corrected chi connectivity index (χ0v) is 11.9. The first kappa shape index (κ1) is 12.6. The Labute approximate surface area is 120 Å². The third kappa shape index (κ3) is 1.93. The van der Waals surface area contributed by atoms with E-state index >= 15 is 0 Å². The second-order valence-electron chi connectivity index (χ2n) is 6.57. The predicted octanol–water partition coefficient (Wildman–Crippen LogP) is 3.74. The molecule has 2 bridgehead atoms. The Morgan fingerprint density at radius 1 is 0.950 bits per heavy atom. The highest BCUT2D eigenvalue weighted by Gasteiger charge is 2.50. The minimum Gasteiger partial charge on any atom is -0.361 e. The molecule has 20 heavy (non-hydrogen) atoms. The van der Waals surface area contributed by atoms with Crippen molar-refractivity contribution in [3.05, 3.63) is 35.5 Å². The summed E-state index contributed by atoms with van der Waals surface area (Å²) in [5.74, 6) is 0.869. The van der Waals surface area contributed by atoms with Gasteiger partial charge in [-0.05, 0) is 37.3 Å². The largest absolute Gasteiger partial charge is 0.361 e. The van der Waals surface area contributed by atoms with Crippen LogP contribution in [-0.4, -0.2) is 18.0 Å². The van der Waals surface area contributed by atoms with E-state index in [1.807, 2.05) is 6.08 Å². The number of fused-ring (bicyclic) bond motifs is 5. The minimum atomic E-state index is -0.210. The molecule has 2 heteroatoms. The Kier molecular flexibility index (Phi) is 3.14. The van der Waals surface area contributed by atoms with Crippen LogP contribution in [-0.2, 0) is 9.53 Å². The van der Waals surface area contributed by atoms with Crippen LogP contribution in [0.3, 0.4) is 0 Å². The SMILES string of the molecule is O=C1C=C[C@@H]2O[C@H]1C1C(=C3CCCCCCC3)C=CC12. The van der Waals surface area contributed by atoms with Crippen LogP contribution < -0.4 is 0 Å². The molecule has 1 saturated carbocycles. The first-order valence-corrected chi connectivity index (χ1v) is 8.12. The second-order valence-corrected chi connectivity index (χ2v) is 6.57. The number of allylic oxidation sites excluding steroid dienone is 2. The van der Waals surface area contributed by atoms with Crippen LogP contribution in [0.25, 0.3) is 0 Å². The summed E-state index contributed by atoms with van der Waals surface area (Å²) in [4.78, 5) is 12.1. The van der Waals surface area contributed by atoms with Gasteiger partial charge in [0.15, 0.2) is 5.78 Å². The molecule has 0 spiro atoms. The normalized spacial score (nSPS) is 39.9. The zero-order valence-electron chi connectivity index (χ0n) is 11.9. The summed E-state index contributed by atoms with van der Waals surface area (Å²) in [6.45, 7) is 0. The van der Waals surface area contributed by atoms with Crippen LogP contribution in [0, 0.1) is 11.8 Å². The van der Waals surface area contributed by atoms with E-state index < -0.39 is 0 Å². The lowest BCUT2D eigenvalue weighted by Crippen LogP contribution is -2.28. The quantitative estimate of drug-likeness (QED) is 0.670. The van der Waals surface area contributed by atoms with Gasteiger partial charge in [-0.25, -0.2) is 0 Å². The summed E-state index contributed by atoms with van der Waals surface area (Å²) in [7, 11) is 0. The summed E-state index contributed by atoms with van der Waals surface area (Å²) in [6.07, 6.45) is 17.4. The molecule has 2 nitrogen and oxygen atoms in total. The number of hydrogen-bond acceptors (Lipinski definition) is 2. The van der Waals surface area contributed by atoms with Crippen molar-refractivity contribution in [2.45, 2.75) is 57.2 Å². The lowest BCUT2D eigenvalue weighted by molar-refractivity contribution is -0.126. The lowest BCUT2D eigenvalue weighted by atomic mass is 9.82. The number of ether oxygens (including phenoxy) is 1. The van der Waals surface area contributed by atoms with Crippen LogP contribution in [0.2, 0.25) is 0 Å². The maximum Gasteiger partial charge on any atom is 0.184 e. The predicted molar refractivity (Wildman–Crippen MR) is 78.3 cm³/mol. The highest BCUT2D eigenvalue weighted by molar-refractivity contribution is 5.95. The molecule has 0 aromatic carbocycles. The van der Waals surface area contributed by atoms with Crippen LogP contribution in [0.5, 0.6) is 0 Å². The van der Waals surface area contributed by atoms with Gasteiger partial charge in [0.2, 0.25) is 0 Å². The topological polar surface area (TPSA) is 26.3 Å². The average Bonchev–Trinajstić information content (AvgIpc) is 2.94. The van der Waals surface area contributed by atoms with E-state index in [2.05, 4.69) is 12.2 Å². The van der Waals surface area contributed by atoms with Gasteiger partial charge in [0.05, 0.1) is 6.10 Å². The first-order valence-electron chi connectivity index (χ1n) is 8.12. The Hall–Kier alpha value is -1.15. The Morgan fingerprint density at radius 3 is 2.50 bits per heavy atom. The van der Waals surface area contributed by atoms with E-state index in [0.29, 0.717) is 11.8 Å². The van der Waals surface area contributed by atoms with Crippen molar-refractivity contribution in [1.29, 1.82) is 0 Å². The molecule has 2 heterocycles. The van der Waals surface area contributed by atoms with Crippen LogP contribution in [0.1, 0.15) is 44.9 Å². The van der Waals surface area contributed by atoms with E-state index in [9.17, 15) is 4.79 Å². The number of carbonyl (C=O) groups is 1. The molecule has 2 fully saturated rings. The molecule has 4 aliphatic rings. The average molecular weight is 270 g/mol. The van der Waals surface area contributed by atoms with Crippen molar-refractivity contribution in [3.63, 3.8) is 0 Å². The monoisotopic (exact) mass is 270 g/mol. The van der Waals surface area contributed by atoms with Crippen LogP contribution >= 0.6 is 0 Å². The Balaban J connectivity index is 1.66. The van der Waals surface area contributed by atoms with Gasteiger partial charge in [0.1, 0.15) is 6.10 Å². The van der Waals surface area contributed by atoms with Gasteiger partial charge in [-0.2, -0.15) is 0 Å². The molecule has 0 N–H and O–H groups in total. The number of carbonyl (C=O) groups excluding carboxylic acids is 1. The molecule has 0 radical (unpaired) electrons. The fourth-order valence-corrected chi connectivity index (χ4v) is 4.35. The molecule has 2 unspecified atom stereocenters. The van der Waals surface area contributed by atoms with Crippen molar-refractivity contribution in [2.24, 2.45) is 11.8 Å².